The maximum absolute atomic E-state index is 13.5. The van der Waals surface area contributed by atoms with Gasteiger partial charge in [0, 0.05) is 0 Å². The van der Waals surface area contributed by atoms with E-state index in [1.54, 1.807) is 43.3 Å². The lowest BCUT2D eigenvalue weighted by Gasteiger charge is -2.26. The molecule has 0 aliphatic rings. The molecule has 0 aromatic heterocycles. The van der Waals surface area contributed by atoms with Crippen molar-refractivity contribution in [3.8, 4) is 0 Å². The monoisotopic (exact) mass is 467 g/mol. The average Bonchev–Trinajstić information content (AvgIpc) is 2.78. The quantitative estimate of drug-likeness (QED) is 0.411. The van der Waals surface area contributed by atoms with Gasteiger partial charge in [-0.2, -0.15) is 5.10 Å². The molecular formula is C25H26FN3O3S. The normalized spacial score (nSPS) is 11.8. The van der Waals surface area contributed by atoms with Crippen LogP contribution in [0.25, 0.3) is 0 Å². The highest BCUT2D eigenvalue weighted by molar-refractivity contribution is 7.92. The maximum atomic E-state index is 13.5. The highest BCUT2D eigenvalue weighted by Crippen LogP contribution is 2.28. The minimum absolute atomic E-state index is 0.0906. The average molecular weight is 468 g/mol. The summed E-state index contributed by atoms with van der Waals surface area (Å²) in [6.07, 6.45) is 0. The Labute approximate surface area is 193 Å². The molecule has 33 heavy (non-hydrogen) atoms. The fourth-order valence-corrected chi connectivity index (χ4v) is 4.69. The van der Waals surface area contributed by atoms with E-state index in [2.05, 4.69) is 10.5 Å². The van der Waals surface area contributed by atoms with Gasteiger partial charge < -0.3 is 0 Å². The molecule has 3 aromatic rings. The summed E-state index contributed by atoms with van der Waals surface area (Å²) in [4.78, 5) is 12.9. The van der Waals surface area contributed by atoms with E-state index in [4.69, 9.17) is 0 Å². The van der Waals surface area contributed by atoms with Gasteiger partial charge in [0.05, 0.1) is 16.3 Å². The lowest BCUT2D eigenvalue weighted by Crippen LogP contribution is -2.40. The summed E-state index contributed by atoms with van der Waals surface area (Å²) in [5.74, 6) is -0.978. The number of sulfonamides is 1. The highest BCUT2D eigenvalue weighted by Gasteiger charge is 2.28. The van der Waals surface area contributed by atoms with Crippen LogP contribution in [0.15, 0.2) is 76.7 Å². The Morgan fingerprint density at radius 3 is 2.24 bits per heavy atom. The molecule has 0 aliphatic heterocycles. The molecule has 0 bridgehead atoms. The molecule has 3 rings (SSSR count). The summed E-state index contributed by atoms with van der Waals surface area (Å²) in [5, 5.41) is 4.05. The van der Waals surface area contributed by atoms with E-state index < -0.39 is 22.5 Å². The van der Waals surface area contributed by atoms with Gasteiger partial charge in [-0.3, -0.25) is 9.10 Å². The van der Waals surface area contributed by atoms with E-state index >= 15 is 0 Å². The third-order valence-electron chi connectivity index (χ3n) is 5.35. The molecule has 6 nitrogen and oxygen atoms in total. The van der Waals surface area contributed by atoms with E-state index in [0.717, 1.165) is 21.0 Å². The van der Waals surface area contributed by atoms with E-state index in [-0.39, 0.29) is 10.7 Å². The largest absolute Gasteiger partial charge is 0.271 e. The third kappa shape index (κ3) is 5.64. The first-order valence-electron chi connectivity index (χ1n) is 10.3. The lowest BCUT2D eigenvalue weighted by molar-refractivity contribution is -0.119. The number of carbonyl (C=O) groups is 1. The number of hydrogen-bond acceptors (Lipinski definition) is 4. The second kappa shape index (κ2) is 9.95. The number of benzene rings is 3. The smallest absolute Gasteiger partial charge is 0.264 e. The van der Waals surface area contributed by atoms with Crippen LogP contribution in [0.5, 0.6) is 0 Å². The number of halogens is 1. The zero-order valence-electron chi connectivity index (χ0n) is 19.0. The molecule has 0 aliphatic carbocycles. The predicted octanol–water partition coefficient (Wildman–Crippen LogP) is 4.49. The van der Waals surface area contributed by atoms with Gasteiger partial charge in [0.25, 0.3) is 15.9 Å². The minimum Gasteiger partial charge on any atom is -0.271 e. The van der Waals surface area contributed by atoms with Gasteiger partial charge in [0.2, 0.25) is 0 Å². The number of nitrogens with one attached hydrogen (secondary N) is 1. The number of hydrogen-bond donors (Lipinski definition) is 1. The number of nitrogens with zero attached hydrogens (tertiary/aromatic N) is 2. The molecule has 0 fully saturated rings. The molecule has 0 radical (unpaired) electrons. The Morgan fingerprint density at radius 2 is 1.61 bits per heavy atom. The molecule has 0 spiro atoms. The first kappa shape index (κ1) is 24.1. The zero-order valence-corrected chi connectivity index (χ0v) is 19.8. The van der Waals surface area contributed by atoms with E-state index in [0.29, 0.717) is 17.0 Å². The van der Waals surface area contributed by atoms with E-state index in [1.807, 2.05) is 26.8 Å². The first-order chi connectivity index (χ1) is 15.6. The van der Waals surface area contributed by atoms with Gasteiger partial charge in [0.15, 0.2) is 0 Å². The Balaban J connectivity index is 1.92. The van der Waals surface area contributed by atoms with Crippen LogP contribution in [0, 0.1) is 26.6 Å². The highest BCUT2D eigenvalue weighted by atomic mass is 32.2. The van der Waals surface area contributed by atoms with Crippen molar-refractivity contribution < 1.29 is 17.6 Å². The van der Waals surface area contributed by atoms with E-state index in [9.17, 15) is 17.6 Å². The van der Waals surface area contributed by atoms with E-state index in [1.165, 1.54) is 24.3 Å². The van der Waals surface area contributed by atoms with Crippen molar-refractivity contribution in [2.24, 2.45) is 5.10 Å². The molecule has 1 N–H and O–H groups in total. The number of aryl methyl sites for hydroxylation is 2. The van der Waals surface area contributed by atoms with Gasteiger partial charge in [-0.1, -0.05) is 42.0 Å². The van der Waals surface area contributed by atoms with Crippen LogP contribution in [0.3, 0.4) is 0 Å². The summed E-state index contributed by atoms with van der Waals surface area (Å²) in [7, 11) is -4.02. The summed E-state index contributed by atoms with van der Waals surface area (Å²) >= 11 is 0. The Morgan fingerprint density at radius 1 is 0.970 bits per heavy atom. The van der Waals surface area contributed by atoms with Gasteiger partial charge in [0.1, 0.15) is 12.4 Å². The topological polar surface area (TPSA) is 78.8 Å². The lowest BCUT2D eigenvalue weighted by atomic mass is 10.1. The van der Waals surface area contributed by atoms with Crippen LogP contribution in [-0.2, 0) is 14.8 Å². The van der Waals surface area contributed by atoms with Crippen molar-refractivity contribution in [3.05, 3.63) is 94.8 Å². The number of anilines is 1. The molecule has 0 heterocycles. The molecule has 3 aromatic carbocycles. The molecule has 0 saturated carbocycles. The molecule has 0 atom stereocenters. The molecule has 1 amide bonds. The van der Waals surface area contributed by atoms with Crippen molar-refractivity contribution >= 4 is 27.3 Å². The molecular weight excluding hydrogens is 441 g/mol. The molecule has 8 heteroatoms. The number of rotatable bonds is 7. The fraction of sp³-hybridized carbons (Fsp3) is 0.200. The minimum atomic E-state index is -4.02. The van der Waals surface area contributed by atoms with Gasteiger partial charge in [-0.25, -0.2) is 18.2 Å². The van der Waals surface area contributed by atoms with Crippen LogP contribution in [0.1, 0.15) is 29.2 Å². The second-order valence-corrected chi connectivity index (χ2v) is 9.65. The summed E-state index contributed by atoms with van der Waals surface area (Å²) in [6.45, 7) is 6.77. The van der Waals surface area contributed by atoms with Crippen molar-refractivity contribution in [2.45, 2.75) is 32.6 Å². The number of hydrazone groups is 1. The Kier molecular flexibility index (Phi) is 7.28. The number of amides is 1. The molecule has 0 unspecified atom stereocenters. The van der Waals surface area contributed by atoms with Crippen LogP contribution < -0.4 is 9.73 Å². The second-order valence-electron chi connectivity index (χ2n) is 7.78. The summed E-state index contributed by atoms with van der Waals surface area (Å²) in [6, 6.07) is 17.5. The fourth-order valence-electron chi connectivity index (χ4n) is 3.21. The standard InChI is InChI=1S/C25H26FN3O3S/c1-17-8-14-23(15-9-17)33(31,32)29(24-7-5-6-18(2)19(24)3)16-25(30)28-27-20(4)21-10-12-22(26)13-11-21/h5-15H,16H2,1-4H3,(H,28,30)/b27-20-. The maximum Gasteiger partial charge on any atom is 0.264 e. The predicted molar refractivity (Wildman–Crippen MR) is 128 cm³/mol. The Bertz CT molecular complexity index is 1290. The van der Waals surface area contributed by atoms with Crippen LogP contribution >= 0.6 is 0 Å². The summed E-state index contributed by atoms with van der Waals surface area (Å²) in [5.41, 5.74) is 6.52. The van der Waals surface area contributed by atoms with Crippen LogP contribution in [0.2, 0.25) is 0 Å². The van der Waals surface area contributed by atoms with Gasteiger partial charge >= 0.3 is 0 Å². The van der Waals surface area contributed by atoms with Crippen molar-refractivity contribution in [2.75, 3.05) is 10.8 Å². The van der Waals surface area contributed by atoms with Gasteiger partial charge in [-0.15, -0.1) is 0 Å². The first-order valence-corrected chi connectivity index (χ1v) is 11.8. The zero-order chi connectivity index (χ0) is 24.2. The van der Waals surface area contributed by atoms with Gasteiger partial charge in [-0.05, 0) is 74.7 Å². The van der Waals surface area contributed by atoms with Crippen molar-refractivity contribution in [1.82, 2.24) is 5.43 Å². The third-order valence-corrected chi connectivity index (χ3v) is 7.13. The summed E-state index contributed by atoms with van der Waals surface area (Å²) < 4.78 is 41.2. The van der Waals surface area contributed by atoms with Crippen LogP contribution in [-0.4, -0.2) is 26.6 Å². The Hall–Kier alpha value is -3.52. The van der Waals surface area contributed by atoms with Crippen molar-refractivity contribution in [1.29, 1.82) is 0 Å². The number of carbonyl (C=O) groups excluding carboxylic acids is 1. The molecule has 0 saturated heterocycles. The van der Waals surface area contributed by atoms with Crippen molar-refractivity contribution in [3.63, 3.8) is 0 Å². The SMILES string of the molecule is C/C(=N/NC(=O)CN(c1cccc(C)c1C)S(=O)(=O)c1ccc(C)cc1)c1ccc(F)cc1. The molecule has 172 valence electrons. The van der Waals surface area contributed by atoms with Crippen LogP contribution in [0.4, 0.5) is 10.1 Å².